The second-order valence-electron chi connectivity index (χ2n) is 8.45. The third-order valence-electron chi connectivity index (χ3n) is 6.27. The lowest BCUT2D eigenvalue weighted by molar-refractivity contribution is -0.118. The van der Waals surface area contributed by atoms with Crippen molar-refractivity contribution in [3.05, 3.63) is 71.8 Å². The number of nitrogens with one attached hydrogen (secondary N) is 2. The maximum Gasteiger partial charge on any atom is 0.235 e. The smallest absolute Gasteiger partial charge is 0.235 e. The van der Waals surface area contributed by atoms with E-state index in [1.165, 1.54) is 12.1 Å². The predicted molar refractivity (Wildman–Crippen MR) is 129 cm³/mol. The van der Waals surface area contributed by atoms with Gasteiger partial charge >= 0.3 is 0 Å². The van der Waals surface area contributed by atoms with Crippen molar-refractivity contribution in [1.82, 2.24) is 20.6 Å². The lowest BCUT2D eigenvalue weighted by Crippen LogP contribution is -2.28. The number of carbonyl (C=O) groups excluding carboxylic acids is 1. The average Bonchev–Trinajstić information content (AvgIpc) is 3.49. The maximum atomic E-state index is 14.4. The molecule has 8 nitrogen and oxygen atoms in total. The van der Waals surface area contributed by atoms with Crippen molar-refractivity contribution < 1.29 is 23.0 Å². The van der Waals surface area contributed by atoms with E-state index in [2.05, 4.69) is 25.9 Å². The van der Waals surface area contributed by atoms with Gasteiger partial charge in [-0.15, -0.1) is 10.2 Å². The second kappa shape index (κ2) is 9.37. The molecule has 1 heterocycles. The van der Waals surface area contributed by atoms with Crippen LogP contribution in [0.1, 0.15) is 25.3 Å². The minimum Gasteiger partial charge on any atom is -0.493 e. The zero-order valence-corrected chi connectivity index (χ0v) is 19.6. The largest absolute Gasteiger partial charge is 0.493 e. The van der Waals surface area contributed by atoms with Crippen LogP contribution < -0.4 is 14.8 Å². The number of carbonyl (C=O) groups is 1. The average molecular weight is 491 g/mol. The van der Waals surface area contributed by atoms with Gasteiger partial charge in [0.1, 0.15) is 11.6 Å². The van der Waals surface area contributed by atoms with Gasteiger partial charge in [0.15, 0.2) is 11.5 Å². The van der Waals surface area contributed by atoms with Crippen molar-refractivity contribution in [2.24, 2.45) is 0 Å². The van der Waals surface area contributed by atoms with E-state index in [-0.39, 0.29) is 11.5 Å². The minimum absolute atomic E-state index is 0.192. The van der Waals surface area contributed by atoms with Crippen LogP contribution in [-0.4, -0.2) is 40.2 Å². The number of halogens is 2. The molecule has 4 aromatic rings. The number of amides is 1. The third-order valence-corrected chi connectivity index (χ3v) is 6.27. The fourth-order valence-corrected chi connectivity index (χ4v) is 4.32. The Morgan fingerprint density at radius 2 is 1.89 bits per heavy atom. The molecule has 1 aromatic heterocycles. The molecular weight excluding hydrogens is 468 g/mol. The molecule has 0 spiro atoms. The Balaban J connectivity index is 1.49. The Morgan fingerprint density at radius 1 is 1.06 bits per heavy atom. The first-order valence-electron chi connectivity index (χ1n) is 11.4. The molecule has 2 N–H and O–H groups in total. The number of rotatable bonds is 8. The summed E-state index contributed by atoms with van der Waals surface area (Å²) in [6.45, 7) is 2.40. The Kier molecular flexibility index (Phi) is 6.09. The highest BCUT2D eigenvalue weighted by atomic mass is 19.1. The van der Waals surface area contributed by atoms with Gasteiger partial charge in [-0.05, 0) is 66.4 Å². The Hall–Kier alpha value is -4.34. The molecule has 3 aromatic carbocycles. The van der Waals surface area contributed by atoms with Crippen molar-refractivity contribution in [3.63, 3.8) is 0 Å². The molecule has 36 heavy (non-hydrogen) atoms. The molecule has 1 fully saturated rings. The number of H-pyrrole nitrogens is 1. The molecule has 0 radical (unpaired) electrons. The summed E-state index contributed by atoms with van der Waals surface area (Å²) in [7, 11) is 1.57. The van der Waals surface area contributed by atoms with Gasteiger partial charge in [0.2, 0.25) is 11.7 Å². The van der Waals surface area contributed by atoms with Crippen molar-refractivity contribution >= 4 is 11.6 Å². The van der Waals surface area contributed by atoms with E-state index < -0.39 is 17.0 Å². The quantitative estimate of drug-likeness (QED) is 0.364. The summed E-state index contributed by atoms with van der Waals surface area (Å²) in [6, 6.07) is 14.2. The van der Waals surface area contributed by atoms with Crippen LogP contribution in [-0.2, 0) is 10.2 Å². The number of aromatic amines is 1. The molecule has 0 unspecified atom stereocenters. The van der Waals surface area contributed by atoms with Crippen molar-refractivity contribution in [1.29, 1.82) is 0 Å². The Labute approximate surface area is 205 Å². The van der Waals surface area contributed by atoms with Gasteiger partial charge in [-0.2, -0.15) is 5.21 Å². The zero-order chi connectivity index (χ0) is 25.3. The highest BCUT2D eigenvalue weighted by Crippen LogP contribution is 2.50. The molecule has 1 saturated carbocycles. The number of benzene rings is 3. The molecule has 184 valence electrons. The molecule has 1 aliphatic rings. The van der Waals surface area contributed by atoms with Gasteiger partial charge in [0.25, 0.3) is 0 Å². The Morgan fingerprint density at radius 3 is 2.56 bits per heavy atom. The highest BCUT2D eigenvalue weighted by molar-refractivity contribution is 6.02. The summed E-state index contributed by atoms with van der Waals surface area (Å²) < 4.78 is 38.9. The van der Waals surface area contributed by atoms with E-state index in [9.17, 15) is 13.6 Å². The van der Waals surface area contributed by atoms with Gasteiger partial charge < -0.3 is 14.8 Å². The first kappa shape index (κ1) is 23.4. The fourth-order valence-electron chi connectivity index (χ4n) is 4.32. The SMILES string of the molecule is CCOc1ccc(-c2ccc(NC(=O)C3(c4ccc(F)cc4F)CC3)cc2-c2nn[nH]n2)cc1OC. The molecule has 1 aliphatic carbocycles. The van der Waals surface area contributed by atoms with E-state index in [0.29, 0.717) is 48.0 Å². The number of nitrogens with zero attached hydrogens (tertiary/aromatic N) is 3. The van der Waals surface area contributed by atoms with Gasteiger partial charge in [-0.25, -0.2) is 8.78 Å². The molecule has 10 heteroatoms. The summed E-state index contributed by atoms with van der Waals surface area (Å²) in [4.78, 5) is 13.2. The monoisotopic (exact) mass is 491 g/mol. The number of anilines is 1. The predicted octanol–water partition coefficient (Wildman–Crippen LogP) is 4.89. The van der Waals surface area contributed by atoms with Crippen LogP contribution in [0.15, 0.2) is 54.6 Å². The topological polar surface area (TPSA) is 102 Å². The number of aromatic nitrogens is 4. The molecule has 0 aliphatic heterocycles. The number of ether oxygens (including phenoxy) is 2. The number of methoxy groups -OCH3 is 1. The van der Waals surface area contributed by atoms with Crippen LogP contribution in [0.4, 0.5) is 14.5 Å². The molecule has 0 atom stereocenters. The van der Waals surface area contributed by atoms with Crippen LogP contribution in [0.2, 0.25) is 0 Å². The van der Waals surface area contributed by atoms with Crippen molar-refractivity contribution in [2.75, 3.05) is 19.0 Å². The Bertz CT molecular complexity index is 1420. The summed E-state index contributed by atoms with van der Waals surface area (Å²) >= 11 is 0. The van der Waals surface area contributed by atoms with Crippen LogP contribution in [0.25, 0.3) is 22.5 Å². The summed E-state index contributed by atoms with van der Waals surface area (Å²) in [5.74, 6) is -0.241. The van der Waals surface area contributed by atoms with Crippen LogP contribution in [0, 0.1) is 11.6 Å². The molecule has 0 bridgehead atoms. The molecule has 1 amide bonds. The first-order chi connectivity index (χ1) is 17.4. The normalized spacial score (nSPS) is 13.8. The standard InChI is InChI=1S/C26H23F2N5O3/c1-3-36-22-9-4-15(12-23(22)35-2)18-7-6-17(14-19(18)24-30-32-33-31-24)29-25(34)26(10-11-26)20-8-5-16(27)13-21(20)28/h4-9,12-14H,3,10-11H2,1-2H3,(H,29,34)(H,30,31,32,33). The van der Waals surface area contributed by atoms with E-state index in [0.717, 1.165) is 17.2 Å². The minimum atomic E-state index is -1.02. The van der Waals surface area contributed by atoms with E-state index >= 15 is 0 Å². The molecule has 5 rings (SSSR count). The van der Waals surface area contributed by atoms with Crippen molar-refractivity contribution in [3.8, 4) is 34.0 Å². The van der Waals surface area contributed by atoms with Gasteiger partial charge in [-0.1, -0.05) is 18.2 Å². The lowest BCUT2D eigenvalue weighted by Gasteiger charge is -2.18. The molecular formula is C26H23F2N5O3. The van der Waals surface area contributed by atoms with Crippen LogP contribution in [0.3, 0.4) is 0 Å². The molecule has 0 saturated heterocycles. The first-order valence-corrected chi connectivity index (χ1v) is 11.4. The van der Waals surface area contributed by atoms with E-state index in [1.807, 2.05) is 31.2 Å². The van der Waals surface area contributed by atoms with Gasteiger partial charge in [-0.3, -0.25) is 4.79 Å². The highest BCUT2D eigenvalue weighted by Gasteiger charge is 2.52. The van der Waals surface area contributed by atoms with E-state index in [4.69, 9.17) is 9.47 Å². The maximum absolute atomic E-state index is 14.4. The second-order valence-corrected chi connectivity index (χ2v) is 8.45. The lowest BCUT2D eigenvalue weighted by atomic mass is 9.93. The van der Waals surface area contributed by atoms with Crippen molar-refractivity contribution in [2.45, 2.75) is 25.2 Å². The summed E-state index contributed by atoms with van der Waals surface area (Å²) in [6.07, 6.45) is 0.951. The van der Waals surface area contributed by atoms with E-state index in [1.54, 1.807) is 19.2 Å². The number of hydrogen-bond donors (Lipinski definition) is 2. The number of tetrazole rings is 1. The fraction of sp³-hybridized carbons (Fsp3) is 0.231. The van der Waals surface area contributed by atoms with Gasteiger partial charge in [0.05, 0.1) is 19.1 Å². The van der Waals surface area contributed by atoms with Crippen LogP contribution >= 0.6 is 0 Å². The summed E-state index contributed by atoms with van der Waals surface area (Å²) in [5.41, 5.74) is 1.87. The van der Waals surface area contributed by atoms with Gasteiger partial charge in [0, 0.05) is 22.9 Å². The number of hydrogen-bond acceptors (Lipinski definition) is 6. The van der Waals surface area contributed by atoms with Crippen LogP contribution in [0.5, 0.6) is 11.5 Å². The third kappa shape index (κ3) is 4.26. The zero-order valence-electron chi connectivity index (χ0n) is 19.6. The summed E-state index contributed by atoms with van der Waals surface area (Å²) in [5, 5.41) is 17.2.